The Bertz CT molecular complexity index is 531. The van der Waals surface area contributed by atoms with Crippen molar-refractivity contribution in [1.82, 2.24) is 9.55 Å². The number of carbonyl (C=O) groups is 1. The first-order chi connectivity index (χ1) is 8.65. The second-order valence-electron chi connectivity index (χ2n) is 4.17. The second-order valence-corrected chi connectivity index (χ2v) is 4.17. The van der Waals surface area contributed by atoms with E-state index in [-0.39, 0.29) is 31.2 Å². The molecule has 110 valence electrons. The van der Waals surface area contributed by atoms with Crippen LogP contribution in [0.4, 0.5) is 0 Å². The van der Waals surface area contributed by atoms with Gasteiger partial charge in [-0.15, -0.1) is 24.8 Å². The van der Waals surface area contributed by atoms with Gasteiger partial charge in [-0.3, -0.25) is 4.79 Å². The zero-order chi connectivity index (χ0) is 13.0. The molecular weight excluding hydrogens is 301 g/mol. The Kier molecular flexibility index (Phi) is 7.91. The van der Waals surface area contributed by atoms with Crippen LogP contribution in [0.1, 0.15) is 11.3 Å². The number of hydrogen-bond donors (Lipinski definition) is 2. The highest BCUT2D eigenvalue weighted by Crippen LogP contribution is 2.05. The summed E-state index contributed by atoms with van der Waals surface area (Å²) in [6.07, 6.45) is 3.77. The number of carboxylic acids is 1. The minimum Gasteiger partial charge on any atom is -0.480 e. The zero-order valence-corrected chi connectivity index (χ0v) is 12.3. The lowest BCUT2D eigenvalue weighted by Gasteiger charge is -2.03. The number of aromatic nitrogens is 2. The van der Waals surface area contributed by atoms with E-state index in [1.54, 1.807) is 6.33 Å². The minimum absolute atomic E-state index is 0. The first kappa shape index (κ1) is 18.4. The van der Waals surface area contributed by atoms with Crippen LogP contribution < -0.4 is 5.73 Å². The van der Waals surface area contributed by atoms with Gasteiger partial charge in [0.05, 0.1) is 12.0 Å². The highest BCUT2D eigenvalue weighted by atomic mass is 35.5. The molecule has 0 spiro atoms. The monoisotopic (exact) mass is 317 g/mol. The normalized spacial score (nSPS) is 11.1. The van der Waals surface area contributed by atoms with Gasteiger partial charge in [0, 0.05) is 19.2 Å². The van der Waals surface area contributed by atoms with E-state index in [2.05, 4.69) is 4.98 Å². The predicted molar refractivity (Wildman–Crippen MR) is 81.6 cm³/mol. The first-order valence-corrected chi connectivity index (χ1v) is 5.68. The minimum atomic E-state index is -1.01. The molecule has 1 aromatic heterocycles. The van der Waals surface area contributed by atoms with Gasteiger partial charge >= 0.3 is 5.97 Å². The molecule has 0 aliphatic carbocycles. The zero-order valence-electron chi connectivity index (χ0n) is 10.7. The van der Waals surface area contributed by atoms with E-state index in [1.807, 2.05) is 41.1 Å². The molecule has 1 atom stereocenters. The second kappa shape index (κ2) is 8.58. The van der Waals surface area contributed by atoms with Crippen LogP contribution in [-0.2, 0) is 17.8 Å². The number of nitrogens with two attached hydrogens (primary N) is 1. The molecular formula is C13H17Cl2N3O2. The van der Waals surface area contributed by atoms with Gasteiger partial charge < -0.3 is 15.4 Å². The summed E-state index contributed by atoms with van der Waals surface area (Å²) in [4.78, 5) is 14.8. The molecule has 0 radical (unpaired) electrons. The SMILES string of the molecule is Cl.Cl.N[C@@H](Cc1cn(Cc2ccccc2)cn1)C(=O)O. The Balaban J connectivity index is 0.00000180. The molecule has 0 aliphatic heterocycles. The van der Waals surface area contributed by atoms with Crippen molar-refractivity contribution in [2.24, 2.45) is 5.73 Å². The largest absolute Gasteiger partial charge is 0.480 e. The standard InChI is InChI=1S/C13H15N3O2.2ClH/c14-12(13(17)18)6-11-8-16(9-15-11)7-10-4-2-1-3-5-10;;/h1-5,8-9,12H,6-7,14H2,(H,17,18);2*1H/t12-;;/m0../s1. The lowest BCUT2D eigenvalue weighted by molar-refractivity contribution is -0.138. The van der Waals surface area contributed by atoms with Gasteiger partial charge in [0.2, 0.25) is 0 Å². The Morgan fingerprint density at radius 2 is 1.95 bits per heavy atom. The Morgan fingerprint density at radius 1 is 1.30 bits per heavy atom. The molecule has 2 aromatic rings. The number of benzene rings is 1. The van der Waals surface area contributed by atoms with Crippen molar-refractivity contribution in [2.75, 3.05) is 0 Å². The van der Waals surface area contributed by atoms with E-state index in [4.69, 9.17) is 10.8 Å². The molecule has 7 heteroatoms. The molecule has 0 aliphatic rings. The summed E-state index contributed by atoms with van der Waals surface area (Å²) in [5.41, 5.74) is 7.33. The van der Waals surface area contributed by atoms with Gasteiger partial charge in [-0.05, 0) is 5.56 Å². The molecule has 5 nitrogen and oxygen atoms in total. The van der Waals surface area contributed by atoms with Crippen molar-refractivity contribution in [3.63, 3.8) is 0 Å². The summed E-state index contributed by atoms with van der Waals surface area (Å²) in [7, 11) is 0. The average molecular weight is 318 g/mol. The smallest absolute Gasteiger partial charge is 0.320 e. The fraction of sp³-hybridized carbons (Fsp3) is 0.231. The molecule has 0 bridgehead atoms. The molecule has 2 rings (SSSR count). The molecule has 0 saturated carbocycles. The van der Waals surface area contributed by atoms with E-state index < -0.39 is 12.0 Å². The van der Waals surface area contributed by atoms with E-state index in [9.17, 15) is 4.79 Å². The van der Waals surface area contributed by atoms with Crippen LogP contribution in [0.5, 0.6) is 0 Å². The van der Waals surface area contributed by atoms with E-state index >= 15 is 0 Å². The van der Waals surface area contributed by atoms with E-state index in [1.165, 1.54) is 5.56 Å². The summed E-state index contributed by atoms with van der Waals surface area (Å²) in [6.45, 7) is 0.718. The highest BCUT2D eigenvalue weighted by Gasteiger charge is 2.13. The van der Waals surface area contributed by atoms with Crippen molar-refractivity contribution in [3.8, 4) is 0 Å². The molecule has 20 heavy (non-hydrogen) atoms. The summed E-state index contributed by atoms with van der Waals surface area (Å²) in [5, 5.41) is 8.73. The van der Waals surface area contributed by atoms with E-state index in [0.29, 0.717) is 5.69 Å². The first-order valence-electron chi connectivity index (χ1n) is 5.68. The lowest BCUT2D eigenvalue weighted by Crippen LogP contribution is -2.32. The third kappa shape index (κ3) is 5.21. The maximum Gasteiger partial charge on any atom is 0.320 e. The van der Waals surface area contributed by atoms with E-state index in [0.717, 1.165) is 6.54 Å². The maximum atomic E-state index is 10.6. The Hall–Kier alpha value is -1.56. The van der Waals surface area contributed by atoms with Crippen molar-refractivity contribution in [1.29, 1.82) is 0 Å². The van der Waals surface area contributed by atoms with Crippen LogP contribution in [0, 0.1) is 0 Å². The molecule has 0 unspecified atom stereocenters. The fourth-order valence-electron chi connectivity index (χ4n) is 1.71. The topological polar surface area (TPSA) is 81.1 Å². The van der Waals surface area contributed by atoms with Gasteiger partial charge in [0.15, 0.2) is 0 Å². The lowest BCUT2D eigenvalue weighted by atomic mass is 10.2. The summed E-state index contributed by atoms with van der Waals surface area (Å²) in [6, 6.07) is 9.09. The van der Waals surface area contributed by atoms with Gasteiger partial charge in [-0.1, -0.05) is 30.3 Å². The summed E-state index contributed by atoms with van der Waals surface area (Å²) in [5.74, 6) is -1.01. The van der Waals surface area contributed by atoms with Gasteiger partial charge in [-0.25, -0.2) is 4.98 Å². The van der Waals surface area contributed by atoms with Crippen LogP contribution in [-0.4, -0.2) is 26.7 Å². The molecule has 3 N–H and O–H groups in total. The third-order valence-electron chi connectivity index (χ3n) is 2.64. The van der Waals surface area contributed by atoms with Crippen molar-refractivity contribution in [3.05, 3.63) is 54.1 Å². The van der Waals surface area contributed by atoms with Crippen molar-refractivity contribution in [2.45, 2.75) is 19.0 Å². The number of carboxylic acid groups (broad SMARTS) is 1. The molecule has 1 heterocycles. The van der Waals surface area contributed by atoms with Crippen LogP contribution in [0.2, 0.25) is 0 Å². The van der Waals surface area contributed by atoms with Crippen LogP contribution in [0.3, 0.4) is 0 Å². The predicted octanol–water partition coefficient (Wildman–Crippen LogP) is 1.73. The number of rotatable bonds is 5. The number of halogens is 2. The molecule has 0 fully saturated rings. The summed E-state index contributed by atoms with van der Waals surface area (Å²) < 4.78 is 1.92. The average Bonchev–Trinajstić information content (AvgIpc) is 2.77. The number of hydrogen-bond acceptors (Lipinski definition) is 3. The third-order valence-corrected chi connectivity index (χ3v) is 2.64. The number of nitrogens with zero attached hydrogens (tertiary/aromatic N) is 2. The quantitative estimate of drug-likeness (QED) is 0.880. The van der Waals surface area contributed by atoms with Crippen LogP contribution in [0.25, 0.3) is 0 Å². The summed E-state index contributed by atoms with van der Waals surface area (Å²) >= 11 is 0. The number of imidazole rings is 1. The van der Waals surface area contributed by atoms with Crippen molar-refractivity contribution >= 4 is 30.8 Å². The van der Waals surface area contributed by atoms with Gasteiger partial charge in [0.25, 0.3) is 0 Å². The number of aliphatic carboxylic acids is 1. The molecule has 0 amide bonds. The van der Waals surface area contributed by atoms with Crippen LogP contribution in [0.15, 0.2) is 42.9 Å². The van der Waals surface area contributed by atoms with Crippen LogP contribution >= 0.6 is 24.8 Å². The Labute approximate surface area is 129 Å². The molecule has 1 aromatic carbocycles. The van der Waals surface area contributed by atoms with Gasteiger partial charge in [-0.2, -0.15) is 0 Å². The highest BCUT2D eigenvalue weighted by molar-refractivity contribution is 5.85. The fourth-order valence-corrected chi connectivity index (χ4v) is 1.71. The maximum absolute atomic E-state index is 10.6. The van der Waals surface area contributed by atoms with Gasteiger partial charge in [0.1, 0.15) is 6.04 Å². The Morgan fingerprint density at radius 3 is 2.55 bits per heavy atom. The molecule has 0 saturated heterocycles. The van der Waals surface area contributed by atoms with Crippen molar-refractivity contribution < 1.29 is 9.90 Å².